The Bertz CT molecular complexity index is 575. The Morgan fingerprint density at radius 3 is 2.62 bits per heavy atom. The van der Waals surface area contributed by atoms with E-state index in [9.17, 15) is 18.8 Å². The lowest BCUT2D eigenvalue weighted by Crippen LogP contribution is -2.51. The van der Waals surface area contributed by atoms with E-state index in [1.807, 2.05) is 0 Å². The summed E-state index contributed by atoms with van der Waals surface area (Å²) in [4.78, 5) is 35.7. The number of hydrogen-bond donors (Lipinski definition) is 3. The molecule has 0 radical (unpaired) electrons. The average Bonchev–Trinajstić information content (AvgIpc) is 2.39. The van der Waals surface area contributed by atoms with Crippen molar-refractivity contribution in [2.45, 2.75) is 6.42 Å². The van der Waals surface area contributed by atoms with Crippen molar-refractivity contribution in [3.63, 3.8) is 0 Å². The molecule has 0 spiro atoms. The van der Waals surface area contributed by atoms with Crippen LogP contribution in [0.1, 0.15) is 6.42 Å². The van der Waals surface area contributed by atoms with Crippen LogP contribution in [-0.2, 0) is 14.4 Å². The van der Waals surface area contributed by atoms with Gasteiger partial charge in [0.2, 0.25) is 17.7 Å². The van der Waals surface area contributed by atoms with Crippen LogP contribution in [0.3, 0.4) is 0 Å². The molecule has 0 unspecified atom stereocenters. The first-order valence-electron chi connectivity index (χ1n) is 6.34. The van der Waals surface area contributed by atoms with E-state index in [1.165, 1.54) is 12.1 Å². The lowest BCUT2D eigenvalue weighted by Gasteiger charge is -2.24. The van der Waals surface area contributed by atoms with E-state index in [0.29, 0.717) is 5.69 Å². The summed E-state index contributed by atoms with van der Waals surface area (Å²) in [5, 5.41) is 4.73. The molecule has 4 N–H and O–H groups in total. The standard InChI is InChI=1S/C13H15FN4O3/c14-8-1-2-10(9(15)5-8)16-11(19)3-4-18-6-12(20)17-13(21)7-18/h1-2,5H,3-4,6-7,15H2,(H,16,19)(H,17,20,21). The van der Waals surface area contributed by atoms with Crippen LogP contribution in [0.5, 0.6) is 0 Å². The maximum Gasteiger partial charge on any atom is 0.240 e. The quantitative estimate of drug-likeness (QED) is 0.522. The molecule has 0 aromatic heterocycles. The van der Waals surface area contributed by atoms with Gasteiger partial charge in [0.05, 0.1) is 24.5 Å². The smallest absolute Gasteiger partial charge is 0.240 e. The van der Waals surface area contributed by atoms with Crippen molar-refractivity contribution in [3.05, 3.63) is 24.0 Å². The van der Waals surface area contributed by atoms with Crippen LogP contribution in [0.2, 0.25) is 0 Å². The minimum atomic E-state index is -0.483. The van der Waals surface area contributed by atoms with E-state index in [1.54, 1.807) is 4.90 Å². The van der Waals surface area contributed by atoms with Gasteiger partial charge in [0.1, 0.15) is 5.82 Å². The zero-order valence-corrected chi connectivity index (χ0v) is 11.2. The molecule has 8 heteroatoms. The first-order chi connectivity index (χ1) is 9.94. The van der Waals surface area contributed by atoms with Crippen LogP contribution in [-0.4, -0.2) is 42.3 Å². The van der Waals surface area contributed by atoms with E-state index in [2.05, 4.69) is 10.6 Å². The molecular formula is C13H15FN4O3. The summed E-state index contributed by atoms with van der Waals surface area (Å²) in [7, 11) is 0. The second-order valence-electron chi connectivity index (χ2n) is 4.71. The Morgan fingerprint density at radius 2 is 2.00 bits per heavy atom. The highest BCUT2D eigenvalue weighted by molar-refractivity contribution is 5.99. The summed E-state index contributed by atoms with van der Waals surface area (Å²) in [6, 6.07) is 3.68. The van der Waals surface area contributed by atoms with Gasteiger partial charge in [-0.1, -0.05) is 0 Å². The Balaban J connectivity index is 1.84. The number of nitrogens with zero attached hydrogens (tertiary/aromatic N) is 1. The Labute approximate surface area is 120 Å². The van der Waals surface area contributed by atoms with Crippen molar-refractivity contribution in [2.75, 3.05) is 30.7 Å². The van der Waals surface area contributed by atoms with E-state index in [0.717, 1.165) is 6.07 Å². The van der Waals surface area contributed by atoms with Gasteiger partial charge in [0, 0.05) is 13.0 Å². The second kappa shape index (κ2) is 6.31. The Morgan fingerprint density at radius 1 is 1.33 bits per heavy atom. The van der Waals surface area contributed by atoms with Crippen molar-refractivity contribution in [2.24, 2.45) is 0 Å². The fourth-order valence-electron chi connectivity index (χ4n) is 1.97. The number of nitrogens with two attached hydrogens (primary N) is 1. The molecule has 0 bridgehead atoms. The Kier molecular flexibility index (Phi) is 4.49. The van der Waals surface area contributed by atoms with Gasteiger partial charge < -0.3 is 11.1 Å². The maximum atomic E-state index is 12.9. The fourth-order valence-corrected chi connectivity index (χ4v) is 1.97. The highest BCUT2D eigenvalue weighted by atomic mass is 19.1. The van der Waals surface area contributed by atoms with Gasteiger partial charge in [-0.25, -0.2) is 4.39 Å². The third kappa shape index (κ3) is 4.25. The number of halogens is 1. The molecule has 2 rings (SSSR count). The van der Waals surface area contributed by atoms with Gasteiger partial charge in [-0.2, -0.15) is 0 Å². The molecule has 7 nitrogen and oxygen atoms in total. The number of anilines is 2. The summed E-state index contributed by atoms with van der Waals surface area (Å²) in [6.45, 7) is 0.432. The van der Waals surface area contributed by atoms with Crippen LogP contribution in [0.25, 0.3) is 0 Å². The molecule has 0 aliphatic carbocycles. The normalized spacial score (nSPS) is 15.7. The number of nitrogen functional groups attached to an aromatic ring is 1. The summed E-state index contributed by atoms with van der Waals surface area (Å²) >= 11 is 0. The number of carbonyl (C=O) groups excluding carboxylic acids is 3. The Hall–Kier alpha value is -2.48. The topological polar surface area (TPSA) is 105 Å². The molecule has 1 aromatic carbocycles. The minimum absolute atomic E-state index is 0.0811. The number of imide groups is 1. The van der Waals surface area contributed by atoms with Crippen molar-refractivity contribution >= 4 is 29.1 Å². The molecule has 1 aromatic rings. The third-order valence-corrected chi connectivity index (χ3v) is 2.96. The van der Waals surface area contributed by atoms with Gasteiger partial charge in [-0.05, 0) is 18.2 Å². The number of piperazine rings is 1. The molecule has 1 heterocycles. The lowest BCUT2D eigenvalue weighted by atomic mass is 10.2. The zero-order chi connectivity index (χ0) is 15.4. The molecule has 1 fully saturated rings. The monoisotopic (exact) mass is 294 g/mol. The highest BCUT2D eigenvalue weighted by Crippen LogP contribution is 2.19. The van der Waals surface area contributed by atoms with Crippen LogP contribution in [0.4, 0.5) is 15.8 Å². The molecule has 0 saturated carbocycles. The van der Waals surface area contributed by atoms with Crippen LogP contribution in [0.15, 0.2) is 18.2 Å². The van der Waals surface area contributed by atoms with Crippen LogP contribution in [0, 0.1) is 5.82 Å². The summed E-state index contributed by atoms with van der Waals surface area (Å²) in [5.74, 6) is -1.57. The van der Waals surface area contributed by atoms with Crippen molar-refractivity contribution in [1.82, 2.24) is 10.2 Å². The second-order valence-corrected chi connectivity index (χ2v) is 4.71. The SMILES string of the molecule is Nc1cc(F)ccc1NC(=O)CCN1CC(=O)NC(=O)C1. The molecular weight excluding hydrogens is 279 g/mol. The van der Waals surface area contributed by atoms with Crippen LogP contribution < -0.4 is 16.4 Å². The largest absolute Gasteiger partial charge is 0.397 e. The third-order valence-electron chi connectivity index (χ3n) is 2.96. The van der Waals surface area contributed by atoms with Gasteiger partial charge in [-0.3, -0.25) is 24.6 Å². The highest BCUT2D eigenvalue weighted by Gasteiger charge is 2.22. The van der Waals surface area contributed by atoms with Gasteiger partial charge in [0.25, 0.3) is 0 Å². The van der Waals surface area contributed by atoms with Gasteiger partial charge >= 0.3 is 0 Å². The van der Waals surface area contributed by atoms with Gasteiger partial charge in [0.15, 0.2) is 0 Å². The molecule has 3 amide bonds. The molecule has 1 saturated heterocycles. The predicted molar refractivity (Wildman–Crippen MR) is 73.6 cm³/mol. The van der Waals surface area contributed by atoms with E-state index >= 15 is 0 Å². The first-order valence-corrected chi connectivity index (χ1v) is 6.34. The summed E-state index contributed by atoms with van der Waals surface area (Å²) in [5.41, 5.74) is 6.05. The number of amides is 3. The number of rotatable bonds is 4. The van der Waals surface area contributed by atoms with E-state index in [-0.39, 0.29) is 49.5 Å². The zero-order valence-electron chi connectivity index (χ0n) is 11.2. The molecule has 112 valence electrons. The number of benzene rings is 1. The first kappa shape index (κ1) is 14.9. The maximum absolute atomic E-state index is 12.9. The van der Waals surface area contributed by atoms with Crippen molar-refractivity contribution < 1.29 is 18.8 Å². The predicted octanol–water partition coefficient (Wildman–Crippen LogP) is -0.305. The minimum Gasteiger partial charge on any atom is -0.397 e. The van der Waals surface area contributed by atoms with Crippen molar-refractivity contribution in [3.8, 4) is 0 Å². The molecule has 1 aliphatic rings. The van der Waals surface area contributed by atoms with E-state index in [4.69, 9.17) is 5.73 Å². The summed E-state index contributed by atoms with van der Waals surface area (Å²) < 4.78 is 12.9. The number of hydrogen-bond acceptors (Lipinski definition) is 5. The number of carbonyl (C=O) groups is 3. The van der Waals surface area contributed by atoms with E-state index < -0.39 is 5.82 Å². The fraction of sp³-hybridized carbons (Fsp3) is 0.308. The molecule has 0 atom stereocenters. The molecule has 1 aliphatic heterocycles. The molecule has 21 heavy (non-hydrogen) atoms. The average molecular weight is 294 g/mol. The van der Waals surface area contributed by atoms with Crippen LogP contribution >= 0.6 is 0 Å². The number of nitrogens with one attached hydrogen (secondary N) is 2. The van der Waals surface area contributed by atoms with Crippen molar-refractivity contribution in [1.29, 1.82) is 0 Å². The van der Waals surface area contributed by atoms with Gasteiger partial charge in [-0.15, -0.1) is 0 Å². The lowest BCUT2D eigenvalue weighted by molar-refractivity contribution is -0.136. The summed E-state index contributed by atoms with van der Waals surface area (Å²) in [6.07, 6.45) is 0.0946.